The molecule has 0 saturated carbocycles. The molecule has 0 radical (unpaired) electrons. The van der Waals surface area contributed by atoms with Crippen molar-refractivity contribution in [3.05, 3.63) is 113 Å². The first-order valence-electron chi connectivity index (χ1n) is 15.5. The van der Waals surface area contributed by atoms with Crippen molar-refractivity contribution in [2.24, 2.45) is 0 Å². The maximum absolute atomic E-state index is 14.7. The molecular weight excluding hydrogens is 666 g/mol. The Bertz CT molecular complexity index is 1850. The van der Waals surface area contributed by atoms with Crippen LogP contribution >= 0.6 is 11.6 Å². The molecule has 0 heterocycles. The van der Waals surface area contributed by atoms with Gasteiger partial charge in [-0.05, 0) is 62.2 Å². The summed E-state index contributed by atoms with van der Waals surface area (Å²) in [5, 5.41) is 3.25. The molecule has 0 spiro atoms. The first kappa shape index (κ1) is 37.1. The van der Waals surface area contributed by atoms with Crippen LogP contribution in [-0.2, 0) is 32.6 Å². The fourth-order valence-corrected chi connectivity index (χ4v) is 6.86. The summed E-state index contributed by atoms with van der Waals surface area (Å²) in [5.74, 6) is -0.329. The molecule has 49 heavy (non-hydrogen) atoms. The monoisotopic (exact) mass is 707 g/mol. The minimum absolute atomic E-state index is 0.0334. The summed E-state index contributed by atoms with van der Waals surface area (Å²) in [4.78, 5) is 30.1. The minimum Gasteiger partial charge on any atom is -0.495 e. The average molecular weight is 708 g/mol. The molecule has 10 nitrogen and oxygen atoms in total. The summed E-state index contributed by atoms with van der Waals surface area (Å²) in [7, 11) is -0.255. The van der Waals surface area contributed by atoms with Crippen molar-refractivity contribution in [1.82, 2.24) is 10.2 Å². The van der Waals surface area contributed by atoms with Crippen molar-refractivity contribution in [3.8, 4) is 17.2 Å². The van der Waals surface area contributed by atoms with E-state index in [1.54, 1.807) is 6.07 Å². The maximum Gasteiger partial charge on any atom is 0.265 e. The number of anilines is 1. The lowest BCUT2D eigenvalue weighted by Crippen LogP contribution is -2.56. The number of rotatable bonds is 14. The van der Waals surface area contributed by atoms with Crippen molar-refractivity contribution in [1.29, 1.82) is 0 Å². The number of hydrogen-bond acceptors (Lipinski definition) is 7. The lowest BCUT2D eigenvalue weighted by Gasteiger charge is -2.35. The van der Waals surface area contributed by atoms with Gasteiger partial charge in [0.25, 0.3) is 10.0 Å². The lowest BCUT2D eigenvalue weighted by atomic mass is 10.0. The normalized spacial score (nSPS) is 12.1. The number of sulfonamides is 1. The first-order valence-corrected chi connectivity index (χ1v) is 17.4. The molecule has 0 unspecified atom stereocenters. The van der Waals surface area contributed by atoms with Crippen LogP contribution in [0.4, 0.5) is 5.69 Å². The van der Waals surface area contributed by atoms with Gasteiger partial charge in [0.05, 0.1) is 31.9 Å². The number of ether oxygens (including phenoxy) is 3. The van der Waals surface area contributed by atoms with E-state index in [9.17, 15) is 18.0 Å². The fourth-order valence-electron chi connectivity index (χ4n) is 5.26. The Morgan fingerprint density at radius 1 is 0.776 bits per heavy atom. The zero-order chi connectivity index (χ0) is 35.8. The van der Waals surface area contributed by atoms with Crippen molar-refractivity contribution >= 4 is 39.1 Å². The number of methoxy groups -OCH3 is 3. The van der Waals surface area contributed by atoms with Gasteiger partial charge in [-0.3, -0.25) is 13.9 Å². The van der Waals surface area contributed by atoms with Gasteiger partial charge in [0, 0.05) is 29.6 Å². The summed E-state index contributed by atoms with van der Waals surface area (Å²) in [6.45, 7) is 4.92. The van der Waals surface area contributed by atoms with Crippen LogP contribution in [0.1, 0.15) is 31.9 Å². The van der Waals surface area contributed by atoms with E-state index in [0.29, 0.717) is 5.75 Å². The second kappa shape index (κ2) is 16.1. The van der Waals surface area contributed by atoms with Crippen LogP contribution in [0, 0.1) is 0 Å². The Morgan fingerprint density at radius 3 is 1.92 bits per heavy atom. The molecule has 0 fully saturated rings. The molecule has 4 rings (SSSR count). The number of benzene rings is 4. The van der Waals surface area contributed by atoms with Crippen molar-refractivity contribution < 1.29 is 32.2 Å². The number of nitrogens with one attached hydrogen (secondary N) is 1. The van der Waals surface area contributed by atoms with Crippen LogP contribution in [0.3, 0.4) is 0 Å². The first-order chi connectivity index (χ1) is 23.3. The quantitative estimate of drug-likeness (QED) is 0.168. The Kier molecular flexibility index (Phi) is 12.2. The van der Waals surface area contributed by atoms with Gasteiger partial charge in [0.15, 0.2) is 11.5 Å². The highest BCUT2D eigenvalue weighted by atomic mass is 35.5. The van der Waals surface area contributed by atoms with Gasteiger partial charge in [0.1, 0.15) is 18.3 Å². The standard InChI is InChI=1S/C37H42ClN3O7S/c1-37(2,3)39-36(43)31(21-26-13-9-7-10-14-26)40(24-27-15-11-8-12-16-27)35(42)25-41(30-22-28(38)17-19-32(30)46-4)49(44,45)29-18-20-33(47-5)34(23-29)48-6/h7-20,22-23,31H,21,24-25H2,1-6H3,(H,39,43)/t31-/m0/s1. The van der Waals surface area contributed by atoms with Gasteiger partial charge >= 0.3 is 0 Å². The van der Waals surface area contributed by atoms with Gasteiger partial charge in [-0.1, -0.05) is 72.3 Å². The number of nitrogens with zero attached hydrogens (tertiary/aromatic N) is 2. The van der Waals surface area contributed by atoms with E-state index in [0.717, 1.165) is 15.4 Å². The van der Waals surface area contributed by atoms with Crippen molar-refractivity contribution in [2.75, 3.05) is 32.2 Å². The zero-order valence-corrected chi connectivity index (χ0v) is 30.0. The maximum atomic E-state index is 14.7. The molecule has 4 aromatic rings. The highest BCUT2D eigenvalue weighted by Crippen LogP contribution is 2.37. The van der Waals surface area contributed by atoms with Gasteiger partial charge in [-0.15, -0.1) is 0 Å². The molecule has 0 aliphatic heterocycles. The lowest BCUT2D eigenvalue weighted by molar-refractivity contribution is -0.140. The van der Waals surface area contributed by atoms with Crippen molar-refractivity contribution in [2.45, 2.75) is 50.2 Å². The Morgan fingerprint density at radius 2 is 1.35 bits per heavy atom. The molecule has 0 aliphatic rings. The van der Waals surface area contributed by atoms with E-state index in [1.807, 2.05) is 81.4 Å². The minimum atomic E-state index is -4.49. The van der Waals surface area contributed by atoms with E-state index in [2.05, 4.69) is 5.32 Å². The molecule has 1 N–H and O–H groups in total. The van der Waals surface area contributed by atoms with Crippen LogP contribution in [0.5, 0.6) is 17.2 Å². The Hall–Kier alpha value is -4.74. The molecule has 0 aromatic heterocycles. The van der Waals surface area contributed by atoms with E-state index < -0.39 is 34.1 Å². The topological polar surface area (TPSA) is 114 Å². The third kappa shape index (κ3) is 9.45. The van der Waals surface area contributed by atoms with Crippen LogP contribution in [0.15, 0.2) is 102 Å². The highest BCUT2D eigenvalue weighted by molar-refractivity contribution is 7.92. The van der Waals surface area contributed by atoms with E-state index in [-0.39, 0.29) is 46.0 Å². The smallest absolute Gasteiger partial charge is 0.265 e. The van der Waals surface area contributed by atoms with E-state index >= 15 is 0 Å². The van der Waals surface area contributed by atoms with E-state index in [1.165, 1.54) is 56.6 Å². The molecule has 2 amide bonds. The predicted molar refractivity (Wildman–Crippen MR) is 191 cm³/mol. The Labute approximate surface area is 293 Å². The summed E-state index contributed by atoms with van der Waals surface area (Å²) >= 11 is 6.39. The van der Waals surface area contributed by atoms with Gasteiger partial charge in [-0.2, -0.15) is 0 Å². The SMILES string of the molecule is COc1ccc(S(=O)(=O)N(CC(=O)N(Cc2ccccc2)[C@@H](Cc2ccccc2)C(=O)NC(C)(C)C)c2cc(Cl)ccc2OC)cc1OC. The molecule has 1 atom stereocenters. The molecule has 12 heteroatoms. The summed E-state index contributed by atoms with van der Waals surface area (Å²) in [5.41, 5.74) is 1.02. The highest BCUT2D eigenvalue weighted by Gasteiger charge is 2.37. The predicted octanol–water partition coefficient (Wildman–Crippen LogP) is 6.12. The van der Waals surface area contributed by atoms with Crippen molar-refractivity contribution in [3.63, 3.8) is 0 Å². The summed E-state index contributed by atoms with van der Waals surface area (Å²) < 4.78 is 46.3. The number of halogens is 1. The van der Waals surface area contributed by atoms with Gasteiger partial charge in [0.2, 0.25) is 11.8 Å². The number of amides is 2. The zero-order valence-electron chi connectivity index (χ0n) is 28.5. The molecule has 0 bridgehead atoms. The molecule has 260 valence electrons. The number of carbonyl (C=O) groups is 2. The molecule has 4 aromatic carbocycles. The molecule has 0 aliphatic carbocycles. The van der Waals surface area contributed by atoms with Gasteiger partial charge < -0.3 is 24.4 Å². The largest absolute Gasteiger partial charge is 0.495 e. The van der Waals surface area contributed by atoms with Crippen LogP contribution in [0.25, 0.3) is 0 Å². The molecular formula is C37H42ClN3O7S. The second-order valence-corrected chi connectivity index (χ2v) is 14.6. The number of hydrogen-bond donors (Lipinski definition) is 1. The summed E-state index contributed by atoms with van der Waals surface area (Å²) in [6, 6.07) is 26.2. The molecule has 0 saturated heterocycles. The Balaban J connectivity index is 1.88. The second-order valence-electron chi connectivity index (χ2n) is 12.3. The fraction of sp³-hybridized carbons (Fsp3) is 0.297. The third-order valence-corrected chi connectivity index (χ3v) is 9.59. The van der Waals surface area contributed by atoms with E-state index in [4.69, 9.17) is 25.8 Å². The van der Waals surface area contributed by atoms with Crippen LogP contribution in [0.2, 0.25) is 5.02 Å². The summed E-state index contributed by atoms with van der Waals surface area (Å²) in [6.07, 6.45) is 0.185. The van der Waals surface area contributed by atoms with Gasteiger partial charge in [-0.25, -0.2) is 8.42 Å². The van der Waals surface area contributed by atoms with Crippen LogP contribution in [-0.4, -0.2) is 64.6 Å². The third-order valence-electron chi connectivity index (χ3n) is 7.60. The van der Waals surface area contributed by atoms with Crippen LogP contribution < -0.4 is 23.8 Å². The number of carbonyl (C=O) groups excluding carboxylic acids is 2. The average Bonchev–Trinajstić information content (AvgIpc) is 3.08.